The number of halogens is 1. The van der Waals surface area contributed by atoms with Gasteiger partial charge in [-0.25, -0.2) is 14.5 Å². The maximum atomic E-state index is 13.3. The zero-order valence-electron chi connectivity index (χ0n) is 20.0. The molecule has 1 fully saturated rings. The average molecular weight is 628 g/mol. The number of imide groups is 2. The molecule has 1 saturated heterocycles. The molecular formula is C27H21IN2O8. The number of carboxylic acid groups (broad SMARTS) is 1. The van der Waals surface area contributed by atoms with Crippen LogP contribution in [-0.4, -0.2) is 42.6 Å². The summed E-state index contributed by atoms with van der Waals surface area (Å²) in [6.07, 6.45) is 1.32. The SMILES string of the molecule is COc1cc(/C=C2\C(=O)NC(=O)N(c3ccc(OCc4ccccc4)cc3)C2=O)cc(I)c1OCC(=O)O. The fraction of sp³-hybridized carbons (Fsp3) is 0.111. The van der Waals surface area contributed by atoms with Gasteiger partial charge >= 0.3 is 12.0 Å². The van der Waals surface area contributed by atoms with Crippen molar-refractivity contribution in [1.29, 1.82) is 0 Å². The van der Waals surface area contributed by atoms with Crippen molar-refractivity contribution in [3.8, 4) is 17.2 Å². The van der Waals surface area contributed by atoms with E-state index in [9.17, 15) is 19.2 Å². The van der Waals surface area contributed by atoms with Gasteiger partial charge in [-0.2, -0.15) is 0 Å². The average Bonchev–Trinajstić information content (AvgIpc) is 2.90. The normalized spacial score (nSPS) is 14.3. The number of amides is 4. The van der Waals surface area contributed by atoms with Gasteiger partial charge in [0.1, 0.15) is 17.9 Å². The lowest BCUT2D eigenvalue weighted by Crippen LogP contribution is -2.54. The van der Waals surface area contributed by atoms with Crippen LogP contribution in [0.5, 0.6) is 17.2 Å². The molecule has 4 rings (SSSR count). The van der Waals surface area contributed by atoms with E-state index < -0.39 is 30.4 Å². The molecule has 0 spiro atoms. The minimum Gasteiger partial charge on any atom is -0.493 e. The zero-order valence-corrected chi connectivity index (χ0v) is 22.1. The number of rotatable bonds is 9. The van der Waals surface area contributed by atoms with Crippen molar-refractivity contribution in [2.75, 3.05) is 18.6 Å². The highest BCUT2D eigenvalue weighted by Crippen LogP contribution is 2.35. The molecule has 0 aromatic heterocycles. The molecule has 1 aliphatic rings. The number of aliphatic carboxylic acids is 1. The third-order valence-corrected chi connectivity index (χ3v) is 6.15. The molecular weight excluding hydrogens is 607 g/mol. The molecule has 0 atom stereocenters. The van der Waals surface area contributed by atoms with Crippen LogP contribution in [0.2, 0.25) is 0 Å². The highest BCUT2D eigenvalue weighted by molar-refractivity contribution is 14.1. The molecule has 0 aliphatic carbocycles. The number of nitrogens with zero attached hydrogens (tertiary/aromatic N) is 1. The van der Waals surface area contributed by atoms with Gasteiger partial charge in [-0.15, -0.1) is 0 Å². The Hall–Kier alpha value is -4.39. The van der Waals surface area contributed by atoms with Gasteiger partial charge in [-0.1, -0.05) is 30.3 Å². The first-order valence-electron chi connectivity index (χ1n) is 11.2. The number of hydrogen-bond acceptors (Lipinski definition) is 7. The number of nitrogens with one attached hydrogen (secondary N) is 1. The summed E-state index contributed by atoms with van der Waals surface area (Å²) in [4.78, 5) is 50.1. The molecule has 3 aromatic carbocycles. The molecule has 0 unspecified atom stereocenters. The number of hydrogen-bond donors (Lipinski definition) is 2. The van der Waals surface area contributed by atoms with Crippen molar-refractivity contribution in [3.63, 3.8) is 0 Å². The predicted octanol–water partition coefficient (Wildman–Crippen LogP) is 4.01. The molecule has 10 nitrogen and oxygen atoms in total. The second-order valence-corrected chi connectivity index (χ2v) is 9.10. The Labute approximate surface area is 230 Å². The van der Waals surface area contributed by atoms with Crippen LogP contribution in [0.1, 0.15) is 11.1 Å². The lowest BCUT2D eigenvalue weighted by Gasteiger charge is -2.26. The molecule has 0 saturated carbocycles. The summed E-state index contributed by atoms with van der Waals surface area (Å²) >= 11 is 1.93. The van der Waals surface area contributed by atoms with E-state index in [1.54, 1.807) is 30.3 Å². The summed E-state index contributed by atoms with van der Waals surface area (Å²) in [5, 5.41) is 11.1. The Morgan fingerprint density at radius 2 is 1.74 bits per heavy atom. The van der Waals surface area contributed by atoms with Crippen molar-refractivity contribution in [1.82, 2.24) is 5.32 Å². The largest absolute Gasteiger partial charge is 0.493 e. The highest BCUT2D eigenvalue weighted by atomic mass is 127. The molecule has 194 valence electrons. The molecule has 1 heterocycles. The summed E-state index contributed by atoms with van der Waals surface area (Å²) in [5.41, 5.74) is 1.38. The zero-order chi connectivity index (χ0) is 27.2. The van der Waals surface area contributed by atoms with Crippen LogP contribution in [0.3, 0.4) is 0 Å². The first-order valence-corrected chi connectivity index (χ1v) is 12.2. The van der Waals surface area contributed by atoms with Crippen LogP contribution in [0, 0.1) is 3.57 Å². The summed E-state index contributed by atoms with van der Waals surface area (Å²) in [6, 6.07) is 18.2. The van der Waals surface area contributed by atoms with E-state index in [1.807, 2.05) is 52.9 Å². The standard InChI is InChI=1S/C27H21IN2O8/c1-36-22-13-17(12-21(28)24(22)38-15-23(31)32)11-20-25(33)29-27(35)30(26(20)34)18-7-9-19(10-8-18)37-14-16-5-3-2-4-6-16/h2-13H,14-15H2,1H3,(H,31,32)(H,29,33,35)/b20-11+. The van der Waals surface area contributed by atoms with Crippen LogP contribution >= 0.6 is 22.6 Å². The lowest BCUT2D eigenvalue weighted by molar-refractivity contribution is -0.139. The first kappa shape index (κ1) is 26.7. The smallest absolute Gasteiger partial charge is 0.341 e. The number of ether oxygens (including phenoxy) is 3. The Morgan fingerprint density at radius 3 is 2.39 bits per heavy atom. The van der Waals surface area contributed by atoms with Crippen molar-refractivity contribution in [3.05, 3.63) is 87.0 Å². The van der Waals surface area contributed by atoms with Crippen molar-refractivity contribution >= 4 is 58.2 Å². The van der Waals surface area contributed by atoms with E-state index in [4.69, 9.17) is 19.3 Å². The first-order chi connectivity index (χ1) is 18.3. The van der Waals surface area contributed by atoms with E-state index >= 15 is 0 Å². The maximum Gasteiger partial charge on any atom is 0.341 e. The number of benzene rings is 3. The van der Waals surface area contributed by atoms with Crippen molar-refractivity contribution in [2.45, 2.75) is 6.61 Å². The third kappa shape index (κ3) is 6.11. The Morgan fingerprint density at radius 1 is 1.03 bits per heavy atom. The van der Waals surface area contributed by atoms with Crippen LogP contribution in [0.25, 0.3) is 6.08 Å². The Kier molecular flexibility index (Phi) is 8.26. The number of carbonyl (C=O) groups is 4. The van der Waals surface area contributed by atoms with Gasteiger partial charge in [-0.05, 0) is 76.2 Å². The number of urea groups is 1. The number of carbonyl (C=O) groups excluding carboxylic acids is 3. The van der Waals surface area contributed by atoms with E-state index in [0.717, 1.165) is 10.5 Å². The Balaban J connectivity index is 1.56. The van der Waals surface area contributed by atoms with E-state index in [0.29, 0.717) is 21.5 Å². The minimum atomic E-state index is -1.15. The van der Waals surface area contributed by atoms with E-state index in [-0.39, 0.29) is 22.8 Å². The summed E-state index contributed by atoms with van der Waals surface area (Å²) in [7, 11) is 1.38. The molecule has 3 aromatic rings. The van der Waals surface area contributed by atoms with Gasteiger partial charge < -0.3 is 19.3 Å². The second-order valence-electron chi connectivity index (χ2n) is 7.94. The quantitative estimate of drug-likeness (QED) is 0.207. The molecule has 38 heavy (non-hydrogen) atoms. The molecule has 1 aliphatic heterocycles. The van der Waals surface area contributed by atoms with Gasteiger partial charge in [-0.3, -0.25) is 14.9 Å². The molecule has 11 heteroatoms. The van der Waals surface area contributed by atoms with Crippen molar-refractivity contribution < 1.29 is 38.5 Å². The fourth-order valence-corrected chi connectivity index (χ4v) is 4.37. The van der Waals surface area contributed by atoms with Crippen LogP contribution < -0.4 is 24.4 Å². The van der Waals surface area contributed by atoms with Gasteiger partial charge in [0.15, 0.2) is 18.1 Å². The highest BCUT2D eigenvalue weighted by Gasteiger charge is 2.37. The predicted molar refractivity (Wildman–Crippen MR) is 145 cm³/mol. The minimum absolute atomic E-state index is 0.212. The van der Waals surface area contributed by atoms with Gasteiger partial charge in [0.2, 0.25) is 0 Å². The lowest BCUT2D eigenvalue weighted by atomic mass is 10.1. The van der Waals surface area contributed by atoms with E-state index in [2.05, 4.69) is 5.32 Å². The molecule has 2 N–H and O–H groups in total. The van der Waals surface area contributed by atoms with Gasteiger partial charge in [0, 0.05) is 0 Å². The maximum absolute atomic E-state index is 13.3. The monoisotopic (exact) mass is 628 g/mol. The molecule has 4 amide bonds. The van der Waals surface area contributed by atoms with Crippen LogP contribution in [0.15, 0.2) is 72.3 Å². The van der Waals surface area contributed by atoms with Gasteiger partial charge in [0.05, 0.1) is 16.4 Å². The third-order valence-electron chi connectivity index (χ3n) is 5.35. The number of barbiturate groups is 1. The number of carboxylic acids is 1. The van der Waals surface area contributed by atoms with Crippen LogP contribution in [0.4, 0.5) is 10.5 Å². The molecule has 0 radical (unpaired) electrons. The summed E-state index contributed by atoms with van der Waals surface area (Å²) in [6.45, 7) is -0.214. The summed E-state index contributed by atoms with van der Waals surface area (Å²) < 4.78 is 16.8. The second kappa shape index (κ2) is 11.8. The fourth-order valence-electron chi connectivity index (χ4n) is 3.59. The van der Waals surface area contributed by atoms with E-state index in [1.165, 1.54) is 19.3 Å². The van der Waals surface area contributed by atoms with Crippen LogP contribution in [-0.2, 0) is 21.0 Å². The Bertz CT molecular complexity index is 1420. The summed E-state index contributed by atoms with van der Waals surface area (Å²) in [5.74, 6) is -1.84. The number of anilines is 1. The number of methoxy groups -OCH3 is 1. The van der Waals surface area contributed by atoms with Gasteiger partial charge in [0.25, 0.3) is 11.8 Å². The molecule has 0 bridgehead atoms. The topological polar surface area (TPSA) is 131 Å². The van der Waals surface area contributed by atoms with Crippen molar-refractivity contribution in [2.24, 2.45) is 0 Å².